The minimum absolute atomic E-state index is 0.404. The molecule has 23 heavy (non-hydrogen) atoms. The van der Waals surface area contributed by atoms with Gasteiger partial charge in [0, 0.05) is 24.1 Å². The average molecular weight is 334 g/mol. The molecule has 0 amide bonds. The molecule has 0 spiro atoms. The number of aliphatic imine (C=N–C) groups is 1. The second kappa shape index (κ2) is 7.52. The maximum atomic E-state index is 7.85. The highest BCUT2D eigenvalue weighted by atomic mass is 32.2. The monoisotopic (exact) mass is 333 g/mol. The molecule has 0 aromatic rings. The third-order valence-electron chi connectivity index (χ3n) is 5.87. The quantitative estimate of drug-likeness (QED) is 0.549. The Kier molecular flexibility index (Phi) is 5.63. The molecule has 0 unspecified atom stereocenters. The van der Waals surface area contributed by atoms with Gasteiger partial charge in [0.05, 0.1) is 0 Å². The summed E-state index contributed by atoms with van der Waals surface area (Å²) in [5.74, 6) is 3.92. The molecule has 0 aromatic heterocycles. The van der Waals surface area contributed by atoms with Crippen molar-refractivity contribution < 1.29 is 0 Å². The summed E-state index contributed by atoms with van der Waals surface area (Å²) in [7, 11) is 0. The summed E-state index contributed by atoms with van der Waals surface area (Å²) in [6.45, 7) is 5.11. The molecule has 128 valence electrons. The fourth-order valence-electron chi connectivity index (χ4n) is 5.22. The van der Waals surface area contributed by atoms with Gasteiger partial charge in [-0.15, -0.1) is 0 Å². The second-order valence-corrected chi connectivity index (χ2v) is 8.91. The number of thioether (sulfide) groups is 1. The first kappa shape index (κ1) is 17.2. The van der Waals surface area contributed by atoms with Gasteiger partial charge in [-0.05, 0) is 75.2 Å². The van der Waals surface area contributed by atoms with Crippen molar-refractivity contribution >= 4 is 23.1 Å². The number of nitrogens with one attached hydrogen (secondary N) is 2. The van der Waals surface area contributed by atoms with Crippen molar-refractivity contribution in [3.05, 3.63) is 11.6 Å². The molecule has 4 rings (SSSR count). The van der Waals surface area contributed by atoms with E-state index in [4.69, 9.17) is 5.41 Å². The summed E-state index contributed by atoms with van der Waals surface area (Å²) in [6, 6.07) is 0. The molecule has 0 saturated heterocycles. The standard InChI is InChI=1S/C19H31N3S/c1-3-5-23-18(20)21-12-14(4-2)13-22-19-9-15-6-16(10-19)8-17(7-15)11-19/h4,12,15-17,20,22H,3,5-11,13H2,1-2H3/b14-4+,20-18?,21-12-. The number of nitrogens with zero attached hydrogens (tertiary/aromatic N) is 1. The second-order valence-electron chi connectivity index (χ2n) is 7.83. The molecule has 3 nitrogen and oxygen atoms in total. The van der Waals surface area contributed by atoms with Crippen molar-refractivity contribution in [3.8, 4) is 0 Å². The number of allylic oxidation sites excluding steroid dienone is 1. The molecule has 4 aliphatic rings. The van der Waals surface area contributed by atoms with Gasteiger partial charge >= 0.3 is 0 Å². The topological polar surface area (TPSA) is 48.2 Å². The molecular weight excluding hydrogens is 302 g/mol. The molecule has 0 aliphatic heterocycles. The first-order valence-corrected chi connectivity index (χ1v) is 10.3. The van der Waals surface area contributed by atoms with Crippen molar-refractivity contribution in [1.29, 1.82) is 5.41 Å². The fraction of sp³-hybridized carbons (Fsp3) is 0.789. The van der Waals surface area contributed by atoms with Gasteiger partial charge in [0.15, 0.2) is 5.17 Å². The Labute approximate surface area is 145 Å². The van der Waals surface area contributed by atoms with Crippen LogP contribution in [0, 0.1) is 23.2 Å². The van der Waals surface area contributed by atoms with Gasteiger partial charge in [0.25, 0.3) is 0 Å². The lowest BCUT2D eigenvalue weighted by molar-refractivity contribution is -0.0180. The van der Waals surface area contributed by atoms with Crippen LogP contribution in [-0.2, 0) is 0 Å². The van der Waals surface area contributed by atoms with Gasteiger partial charge in [-0.3, -0.25) is 5.41 Å². The Morgan fingerprint density at radius 2 is 1.83 bits per heavy atom. The Morgan fingerprint density at radius 1 is 1.22 bits per heavy atom. The zero-order chi connectivity index (χ0) is 16.3. The van der Waals surface area contributed by atoms with Crippen LogP contribution in [-0.4, -0.2) is 29.2 Å². The van der Waals surface area contributed by atoms with Crippen LogP contribution in [0.3, 0.4) is 0 Å². The van der Waals surface area contributed by atoms with E-state index in [0.717, 1.165) is 36.5 Å². The number of amidine groups is 1. The predicted octanol–water partition coefficient (Wildman–Crippen LogP) is 4.64. The lowest BCUT2D eigenvalue weighted by Gasteiger charge is -2.57. The Bertz CT molecular complexity index is 460. The van der Waals surface area contributed by atoms with Crippen LogP contribution < -0.4 is 5.32 Å². The van der Waals surface area contributed by atoms with Crippen molar-refractivity contribution in [3.63, 3.8) is 0 Å². The summed E-state index contributed by atoms with van der Waals surface area (Å²) in [4.78, 5) is 4.31. The molecule has 0 aromatic carbocycles. The molecule has 4 bridgehead atoms. The zero-order valence-corrected chi connectivity index (χ0v) is 15.4. The molecule has 4 heteroatoms. The number of hydrogen-bond acceptors (Lipinski definition) is 3. The predicted molar refractivity (Wildman–Crippen MR) is 102 cm³/mol. The van der Waals surface area contributed by atoms with Crippen LogP contribution in [0.4, 0.5) is 0 Å². The van der Waals surface area contributed by atoms with Gasteiger partial charge in [0.2, 0.25) is 0 Å². The summed E-state index contributed by atoms with van der Waals surface area (Å²) in [6.07, 6.45) is 13.7. The van der Waals surface area contributed by atoms with Crippen LogP contribution in [0.15, 0.2) is 16.6 Å². The highest BCUT2D eigenvalue weighted by molar-refractivity contribution is 8.13. The lowest BCUT2D eigenvalue weighted by Crippen LogP contribution is -2.58. The maximum Gasteiger partial charge on any atom is 0.180 e. The fourth-order valence-corrected chi connectivity index (χ4v) is 5.74. The van der Waals surface area contributed by atoms with Gasteiger partial charge in [-0.25, -0.2) is 4.99 Å². The molecule has 4 saturated carbocycles. The number of rotatable bonds is 6. The largest absolute Gasteiger partial charge is 0.307 e. The van der Waals surface area contributed by atoms with Gasteiger partial charge in [-0.1, -0.05) is 24.8 Å². The van der Waals surface area contributed by atoms with E-state index in [0.29, 0.717) is 10.7 Å². The zero-order valence-electron chi connectivity index (χ0n) is 14.6. The van der Waals surface area contributed by atoms with E-state index in [1.807, 2.05) is 6.21 Å². The summed E-state index contributed by atoms with van der Waals surface area (Å²) in [5.41, 5.74) is 1.61. The molecule has 0 radical (unpaired) electrons. The van der Waals surface area contributed by atoms with E-state index in [9.17, 15) is 0 Å². The van der Waals surface area contributed by atoms with Crippen LogP contribution >= 0.6 is 11.8 Å². The third kappa shape index (κ3) is 4.27. The normalized spacial score (nSPS) is 36.1. The number of hydrogen-bond donors (Lipinski definition) is 2. The first-order valence-electron chi connectivity index (χ1n) is 9.28. The van der Waals surface area contributed by atoms with Gasteiger partial charge in [0.1, 0.15) is 0 Å². The van der Waals surface area contributed by atoms with Crippen LogP contribution in [0.2, 0.25) is 0 Å². The van der Waals surface area contributed by atoms with Gasteiger partial charge < -0.3 is 5.32 Å². The minimum Gasteiger partial charge on any atom is -0.307 e. The molecule has 0 atom stereocenters. The average Bonchev–Trinajstić information content (AvgIpc) is 2.51. The van der Waals surface area contributed by atoms with Crippen molar-refractivity contribution in [1.82, 2.24) is 5.32 Å². The maximum absolute atomic E-state index is 7.85. The molecular formula is C19H31N3S. The van der Waals surface area contributed by atoms with E-state index < -0.39 is 0 Å². The van der Waals surface area contributed by atoms with Crippen molar-refractivity contribution in [2.75, 3.05) is 12.3 Å². The van der Waals surface area contributed by atoms with E-state index in [2.05, 4.69) is 30.2 Å². The summed E-state index contributed by atoms with van der Waals surface area (Å²) < 4.78 is 0. The third-order valence-corrected chi connectivity index (χ3v) is 6.86. The summed E-state index contributed by atoms with van der Waals surface area (Å²) >= 11 is 1.53. The van der Waals surface area contributed by atoms with E-state index in [-0.39, 0.29) is 0 Å². The van der Waals surface area contributed by atoms with Crippen molar-refractivity contribution in [2.45, 2.75) is 64.3 Å². The first-order chi connectivity index (χ1) is 11.1. The van der Waals surface area contributed by atoms with Crippen LogP contribution in [0.5, 0.6) is 0 Å². The highest BCUT2D eigenvalue weighted by Gasteiger charge is 2.50. The SMILES string of the molecule is C/C=C(\C=N/C(=N)SCCC)CNC12CC3CC(CC(C3)C1)C2. The Balaban J connectivity index is 1.52. The Morgan fingerprint density at radius 3 is 2.35 bits per heavy atom. The van der Waals surface area contributed by atoms with E-state index in [1.165, 1.54) is 55.9 Å². The molecule has 4 aliphatic carbocycles. The van der Waals surface area contributed by atoms with Crippen LogP contribution in [0.1, 0.15) is 58.8 Å². The van der Waals surface area contributed by atoms with E-state index >= 15 is 0 Å². The highest BCUT2D eigenvalue weighted by Crippen LogP contribution is 2.55. The Hall–Kier alpha value is -0.610. The minimum atomic E-state index is 0.404. The lowest BCUT2D eigenvalue weighted by atomic mass is 9.53. The molecule has 2 N–H and O–H groups in total. The van der Waals surface area contributed by atoms with Crippen molar-refractivity contribution in [2.24, 2.45) is 22.7 Å². The summed E-state index contributed by atoms with van der Waals surface area (Å²) in [5, 5.41) is 12.2. The van der Waals surface area contributed by atoms with Crippen LogP contribution in [0.25, 0.3) is 0 Å². The van der Waals surface area contributed by atoms with Gasteiger partial charge in [-0.2, -0.15) is 0 Å². The van der Waals surface area contributed by atoms with E-state index in [1.54, 1.807) is 0 Å². The molecule has 0 heterocycles. The molecule has 4 fully saturated rings. The smallest absolute Gasteiger partial charge is 0.180 e.